The maximum absolute atomic E-state index is 14.0. The van der Waals surface area contributed by atoms with Crippen molar-refractivity contribution in [1.29, 1.82) is 0 Å². The van der Waals surface area contributed by atoms with Crippen LogP contribution in [0.15, 0.2) is 42.2 Å². The van der Waals surface area contributed by atoms with Gasteiger partial charge in [-0.25, -0.2) is 22.0 Å². The predicted molar refractivity (Wildman–Crippen MR) is 63.7 cm³/mol. The number of hydrogen-bond acceptors (Lipinski definition) is 0. The van der Waals surface area contributed by atoms with E-state index in [2.05, 4.69) is 0 Å². The van der Waals surface area contributed by atoms with E-state index in [9.17, 15) is 22.0 Å². The summed E-state index contributed by atoms with van der Waals surface area (Å²) in [6, 6.07) is 6.47. The van der Waals surface area contributed by atoms with Crippen molar-refractivity contribution in [2.45, 2.75) is 5.92 Å². The summed E-state index contributed by atoms with van der Waals surface area (Å²) in [5, 5.41) is 0. The fraction of sp³-hybridized carbons (Fsp3) is 0.0667. The van der Waals surface area contributed by atoms with Crippen LogP contribution < -0.4 is 0 Å². The molecule has 2 aromatic carbocycles. The van der Waals surface area contributed by atoms with Crippen LogP contribution in [-0.2, 0) is 0 Å². The second-order valence-corrected chi connectivity index (χ2v) is 4.43. The molecular formula is C15H7F5. The number of fused-ring (bicyclic) bond motifs is 1. The van der Waals surface area contributed by atoms with Crippen LogP contribution in [0, 0.1) is 17.5 Å². The summed E-state index contributed by atoms with van der Waals surface area (Å²) >= 11 is 0. The minimum atomic E-state index is -1.60. The van der Waals surface area contributed by atoms with Crippen molar-refractivity contribution in [3.05, 3.63) is 76.4 Å². The quantitative estimate of drug-likeness (QED) is 0.655. The van der Waals surface area contributed by atoms with Gasteiger partial charge in [-0.2, -0.15) is 0 Å². The third kappa shape index (κ3) is 1.66. The molecule has 5 heteroatoms. The Kier molecular flexibility index (Phi) is 2.85. The molecule has 0 aromatic heterocycles. The lowest BCUT2D eigenvalue weighted by Crippen LogP contribution is -2.05. The van der Waals surface area contributed by atoms with Gasteiger partial charge in [0.05, 0.1) is 11.5 Å². The number of benzene rings is 2. The average Bonchev–Trinajstić information content (AvgIpc) is 2.65. The van der Waals surface area contributed by atoms with Crippen LogP contribution >= 0.6 is 0 Å². The van der Waals surface area contributed by atoms with E-state index in [4.69, 9.17) is 0 Å². The van der Waals surface area contributed by atoms with Gasteiger partial charge in [0.25, 0.3) is 0 Å². The highest BCUT2D eigenvalue weighted by molar-refractivity contribution is 5.74. The molecule has 0 aliphatic heterocycles. The molecule has 1 aliphatic carbocycles. The molecule has 1 atom stereocenters. The molecule has 0 amide bonds. The Morgan fingerprint density at radius 2 is 1.25 bits per heavy atom. The summed E-state index contributed by atoms with van der Waals surface area (Å²) in [5.74, 6) is -7.36. The van der Waals surface area contributed by atoms with E-state index in [1.54, 1.807) is 0 Å². The fourth-order valence-corrected chi connectivity index (χ4v) is 2.46. The predicted octanol–water partition coefficient (Wildman–Crippen LogP) is 4.86. The van der Waals surface area contributed by atoms with Gasteiger partial charge in [-0.05, 0) is 23.8 Å². The van der Waals surface area contributed by atoms with Gasteiger partial charge in [0, 0.05) is 5.56 Å². The molecule has 0 saturated carbocycles. The van der Waals surface area contributed by atoms with Crippen LogP contribution in [0.2, 0.25) is 0 Å². The van der Waals surface area contributed by atoms with Gasteiger partial charge in [-0.1, -0.05) is 18.2 Å². The Morgan fingerprint density at radius 3 is 1.90 bits per heavy atom. The fourth-order valence-electron chi connectivity index (χ4n) is 2.46. The molecule has 0 spiro atoms. The Morgan fingerprint density at radius 1 is 0.700 bits per heavy atom. The summed E-state index contributed by atoms with van der Waals surface area (Å²) in [4.78, 5) is 0. The smallest absolute Gasteiger partial charge is 0.166 e. The van der Waals surface area contributed by atoms with Crippen molar-refractivity contribution in [3.63, 3.8) is 0 Å². The van der Waals surface area contributed by atoms with Crippen molar-refractivity contribution in [3.8, 4) is 0 Å². The van der Waals surface area contributed by atoms with E-state index >= 15 is 0 Å². The highest BCUT2D eigenvalue weighted by atomic mass is 19.2. The highest BCUT2D eigenvalue weighted by Crippen LogP contribution is 2.48. The zero-order valence-corrected chi connectivity index (χ0v) is 9.93. The number of halogens is 5. The molecule has 1 aliphatic rings. The van der Waals surface area contributed by atoms with Gasteiger partial charge in [0.2, 0.25) is 0 Å². The summed E-state index contributed by atoms with van der Waals surface area (Å²) in [6.07, 6.45) is 0. The van der Waals surface area contributed by atoms with Crippen molar-refractivity contribution in [2.75, 3.05) is 0 Å². The largest absolute Gasteiger partial charge is 0.208 e. The standard InChI is InChI=1S/C15H7F5/c16-8-4-1-3-7-11(8)14(19)15(20)12(7)13-9(17)5-2-6-10(13)18/h1-6,12H. The zero-order valence-electron chi connectivity index (χ0n) is 9.93. The normalized spacial score (nSPS) is 17.6. The summed E-state index contributed by atoms with van der Waals surface area (Å²) in [6.45, 7) is 0. The van der Waals surface area contributed by atoms with Crippen LogP contribution in [0.5, 0.6) is 0 Å². The first-order valence-electron chi connectivity index (χ1n) is 5.80. The molecule has 2 aromatic rings. The third-order valence-corrected chi connectivity index (χ3v) is 3.33. The topological polar surface area (TPSA) is 0 Å². The Bertz CT molecular complexity index is 713. The monoisotopic (exact) mass is 282 g/mol. The van der Waals surface area contributed by atoms with E-state index in [1.807, 2.05) is 0 Å². The lowest BCUT2D eigenvalue weighted by Gasteiger charge is -2.14. The molecule has 0 heterocycles. The lowest BCUT2D eigenvalue weighted by molar-refractivity contribution is 0.514. The van der Waals surface area contributed by atoms with E-state index in [0.29, 0.717) is 0 Å². The van der Waals surface area contributed by atoms with E-state index in [-0.39, 0.29) is 5.56 Å². The first kappa shape index (κ1) is 12.8. The molecule has 1 unspecified atom stereocenters. The molecule has 0 N–H and O–H groups in total. The van der Waals surface area contributed by atoms with Crippen LogP contribution in [0.25, 0.3) is 5.83 Å². The van der Waals surface area contributed by atoms with Crippen molar-refractivity contribution >= 4 is 5.83 Å². The van der Waals surface area contributed by atoms with Gasteiger partial charge in [-0.3, -0.25) is 0 Å². The minimum Gasteiger partial charge on any atom is -0.208 e. The first-order chi connectivity index (χ1) is 9.52. The summed E-state index contributed by atoms with van der Waals surface area (Å²) in [5.41, 5.74) is -1.31. The van der Waals surface area contributed by atoms with E-state index < -0.39 is 46.2 Å². The average molecular weight is 282 g/mol. The van der Waals surface area contributed by atoms with Gasteiger partial charge in [-0.15, -0.1) is 0 Å². The van der Waals surface area contributed by atoms with Crippen molar-refractivity contribution in [1.82, 2.24) is 0 Å². The van der Waals surface area contributed by atoms with Crippen LogP contribution in [0.3, 0.4) is 0 Å². The molecule has 0 bridgehead atoms. The molecule has 20 heavy (non-hydrogen) atoms. The zero-order chi connectivity index (χ0) is 14.4. The van der Waals surface area contributed by atoms with Crippen LogP contribution in [-0.4, -0.2) is 0 Å². The molecule has 0 fully saturated rings. The highest BCUT2D eigenvalue weighted by Gasteiger charge is 2.38. The lowest BCUT2D eigenvalue weighted by atomic mass is 9.91. The van der Waals surface area contributed by atoms with Crippen molar-refractivity contribution < 1.29 is 22.0 Å². The van der Waals surface area contributed by atoms with Crippen molar-refractivity contribution in [2.24, 2.45) is 0 Å². The Labute approximate surface area is 111 Å². The first-order valence-corrected chi connectivity index (χ1v) is 5.80. The number of allylic oxidation sites excluding steroid dienone is 1. The van der Waals surface area contributed by atoms with E-state index in [0.717, 1.165) is 24.3 Å². The Balaban J connectivity index is 2.30. The SMILES string of the molecule is FC1=C(F)C(c2c(F)cccc2F)c2cccc(F)c21. The second-order valence-electron chi connectivity index (χ2n) is 4.43. The molecule has 3 rings (SSSR count). The van der Waals surface area contributed by atoms with Crippen LogP contribution in [0.4, 0.5) is 22.0 Å². The maximum Gasteiger partial charge on any atom is 0.166 e. The molecule has 0 saturated heterocycles. The summed E-state index contributed by atoms with van der Waals surface area (Å²) in [7, 11) is 0. The maximum atomic E-state index is 14.0. The number of hydrogen-bond donors (Lipinski definition) is 0. The summed E-state index contributed by atoms with van der Waals surface area (Å²) < 4.78 is 68.9. The van der Waals surface area contributed by atoms with Gasteiger partial charge in [0.15, 0.2) is 5.83 Å². The molecular weight excluding hydrogens is 275 g/mol. The van der Waals surface area contributed by atoms with E-state index in [1.165, 1.54) is 12.1 Å². The molecule has 0 radical (unpaired) electrons. The number of rotatable bonds is 1. The third-order valence-electron chi connectivity index (χ3n) is 3.33. The molecule has 0 nitrogen and oxygen atoms in total. The second kappa shape index (κ2) is 4.44. The molecule has 102 valence electrons. The van der Waals surface area contributed by atoms with Gasteiger partial charge >= 0.3 is 0 Å². The minimum absolute atomic E-state index is 0.121. The van der Waals surface area contributed by atoms with Crippen LogP contribution in [0.1, 0.15) is 22.6 Å². The van der Waals surface area contributed by atoms with Gasteiger partial charge < -0.3 is 0 Å². The Hall–Kier alpha value is -2.17. The van der Waals surface area contributed by atoms with Gasteiger partial charge in [0.1, 0.15) is 23.3 Å².